The van der Waals surface area contributed by atoms with Crippen LogP contribution in [0.25, 0.3) is 0 Å². The topological polar surface area (TPSA) is 55.9 Å². The summed E-state index contributed by atoms with van der Waals surface area (Å²) in [6.07, 6.45) is 7.12. The Labute approximate surface area is 180 Å². The fraction of sp³-hybridized carbons (Fsp3) is 0.667. The van der Waals surface area contributed by atoms with Gasteiger partial charge in [-0.1, -0.05) is 50.1 Å². The summed E-state index contributed by atoms with van der Waals surface area (Å²) in [7, 11) is 0. The number of carbonyl (C=O) groups is 2. The Morgan fingerprint density at radius 2 is 1.87 bits per heavy atom. The van der Waals surface area contributed by atoms with Crippen molar-refractivity contribution in [3.05, 3.63) is 35.9 Å². The summed E-state index contributed by atoms with van der Waals surface area (Å²) in [6, 6.07) is 11.0. The molecule has 164 valence electrons. The van der Waals surface area contributed by atoms with Crippen molar-refractivity contribution in [3.8, 4) is 0 Å². The molecular formula is C24H36N4O2. The molecule has 1 aromatic rings. The third-order valence-corrected chi connectivity index (χ3v) is 7.07. The minimum atomic E-state index is -0.593. The van der Waals surface area contributed by atoms with Crippen molar-refractivity contribution in [1.29, 1.82) is 0 Å². The van der Waals surface area contributed by atoms with E-state index in [1.807, 2.05) is 0 Å². The second kappa shape index (κ2) is 9.48. The van der Waals surface area contributed by atoms with E-state index in [0.29, 0.717) is 12.6 Å². The number of hydrogen-bond acceptors (Lipinski definition) is 4. The van der Waals surface area contributed by atoms with Gasteiger partial charge in [0.25, 0.3) is 5.91 Å². The monoisotopic (exact) mass is 412 g/mol. The Kier molecular flexibility index (Phi) is 6.74. The van der Waals surface area contributed by atoms with E-state index in [1.165, 1.54) is 23.3 Å². The molecule has 3 aliphatic rings. The van der Waals surface area contributed by atoms with Crippen molar-refractivity contribution < 1.29 is 9.59 Å². The highest BCUT2D eigenvalue weighted by Gasteiger charge is 2.52. The predicted molar refractivity (Wildman–Crippen MR) is 118 cm³/mol. The summed E-state index contributed by atoms with van der Waals surface area (Å²) in [6.45, 7) is 7.68. The smallest absolute Gasteiger partial charge is 0.323 e. The number of piperidine rings is 1. The highest BCUT2D eigenvalue weighted by atomic mass is 16.2. The maximum Gasteiger partial charge on any atom is 0.325 e. The lowest BCUT2D eigenvalue weighted by molar-refractivity contribution is -0.131. The molecule has 1 aliphatic carbocycles. The minimum Gasteiger partial charge on any atom is -0.323 e. The van der Waals surface area contributed by atoms with Crippen molar-refractivity contribution in [2.75, 3.05) is 32.7 Å². The van der Waals surface area contributed by atoms with Gasteiger partial charge in [0.1, 0.15) is 5.54 Å². The molecule has 1 N–H and O–H groups in total. The molecule has 30 heavy (non-hydrogen) atoms. The Bertz CT molecular complexity index is 732. The third kappa shape index (κ3) is 4.54. The summed E-state index contributed by atoms with van der Waals surface area (Å²) < 4.78 is 0. The molecule has 2 aliphatic heterocycles. The average molecular weight is 413 g/mol. The van der Waals surface area contributed by atoms with E-state index in [2.05, 4.69) is 52.4 Å². The van der Waals surface area contributed by atoms with Crippen LogP contribution in [0.1, 0.15) is 57.4 Å². The molecule has 2 heterocycles. The lowest BCUT2D eigenvalue weighted by atomic mass is 9.98. The third-order valence-electron chi connectivity index (χ3n) is 7.07. The first kappa shape index (κ1) is 21.3. The van der Waals surface area contributed by atoms with Gasteiger partial charge in [-0.25, -0.2) is 4.79 Å². The van der Waals surface area contributed by atoms with Crippen LogP contribution < -0.4 is 5.32 Å². The van der Waals surface area contributed by atoms with E-state index in [1.54, 1.807) is 0 Å². The van der Waals surface area contributed by atoms with E-state index in [9.17, 15) is 9.59 Å². The van der Waals surface area contributed by atoms with E-state index in [0.717, 1.165) is 64.8 Å². The van der Waals surface area contributed by atoms with Crippen LogP contribution >= 0.6 is 0 Å². The van der Waals surface area contributed by atoms with Gasteiger partial charge < -0.3 is 5.32 Å². The molecule has 2 saturated heterocycles. The van der Waals surface area contributed by atoms with Crippen LogP contribution in [0.2, 0.25) is 0 Å². The van der Waals surface area contributed by atoms with Gasteiger partial charge in [0.05, 0.1) is 0 Å². The summed E-state index contributed by atoms with van der Waals surface area (Å²) >= 11 is 0. The maximum absolute atomic E-state index is 13.0. The van der Waals surface area contributed by atoms with E-state index >= 15 is 0 Å². The van der Waals surface area contributed by atoms with Gasteiger partial charge in [0.15, 0.2) is 0 Å². The zero-order valence-electron chi connectivity index (χ0n) is 18.3. The van der Waals surface area contributed by atoms with Crippen LogP contribution in [0.5, 0.6) is 0 Å². The number of carbonyl (C=O) groups excluding carboxylic acids is 2. The fourth-order valence-electron chi connectivity index (χ4n) is 5.50. The van der Waals surface area contributed by atoms with E-state index in [-0.39, 0.29) is 11.9 Å². The standard InChI is InChI=1S/C24H36N4O2/c1-2-14-27(16-17-28-22(29)24(25-23(28)30)12-6-7-13-24)21-11-8-15-26(19-21)18-20-9-4-3-5-10-20/h3-5,9-10,21H,2,6-8,11-19H2,1H3,(H,25,30). The molecule has 6 heteroatoms. The number of nitrogens with zero attached hydrogens (tertiary/aromatic N) is 3. The molecule has 6 nitrogen and oxygen atoms in total. The number of amides is 3. The van der Waals surface area contributed by atoms with Crippen LogP contribution in [0.4, 0.5) is 4.79 Å². The van der Waals surface area contributed by atoms with Crippen molar-refractivity contribution in [2.24, 2.45) is 0 Å². The summed E-state index contributed by atoms with van der Waals surface area (Å²) in [5, 5.41) is 3.01. The predicted octanol–water partition coefficient (Wildman–Crippen LogP) is 3.23. The number of benzene rings is 1. The fourth-order valence-corrected chi connectivity index (χ4v) is 5.50. The Balaban J connectivity index is 1.35. The summed E-state index contributed by atoms with van der Waals surface area (Å²) in [4.78, 5) is 32.0. The van der Waals surface area contributed by atoms with Crippen LogP contribution in [0.3, 0.4) is 0 Å². The molecule has 1 atom stereocenters. The zero-order valence-corrected chi connectivity index (χ0v) is 18.3. The molecule has 3 amide bonds. The maximum atomic E-state index is 13.0. The number of nitrogens with one attached hydrogen (secondary N) is 1. The first-order valence-electron chi connectivity index (χ1n) is 11.8. The summed E-state index contributed by atoms with van der Waals surface area (Å²) in [5.74, 6) is 0.01000. The van der Waals surface area contributed by atoms with E-state index in [4.69, 9.17) is 0 Å². The van der Waals surface area contributed by atoms with Gasteiger partial charge >= 0.3 is 6.03 Å². The normalized spacial score (nSPS) is 24.2. The second-order valence-corrected chi connectivity index (χ2v) is 9.23. The van der Waals surface area contributed by atoms with Crippen LogP contribution in [-0.2, 0) is 11.3 Å². The highest BCUT2D eigenvalue weighted by molar-refractivity contribution is 6.07. The molecule has 1 unspecified atom stereocenters. The van der Waals surface area contributed by atoms with Gasteiger partial charge in [-0.2, -0.15) is 0 Å². The molecule has 3 fully saturated rings. The van der Waals surface area contributed by atoms with Crippen molar-refractivity contribution >= 4 is 11.9 Å². The second-order valence-electron chi connectivity index (χ2n) is 9.23. The number of rotatable bonds is 8. The quantitative estimate of drug-likeness (QED) is 0.666. The molecule has 1 spiro atoms. The first-order valence-corrected chi connectivity index (χ1v) is 11.8. The Hall–Kier alpha value is -1.92. The van der Waals surface area contributed by atoms with Gasteiger partial charge in [-0.15, -0.1) is 0 Å². The van der Waals surface area contributed by atoms with E-state index < -0.39 is 5.54 Å². The molecular weight excluding hydrogens is 376 g/mol. The number of imide groups is 1. The van der Waals surface area contributed by atoms with Crippen molar-refractivity contribution in [3.63, 3.8) is 0 Å². The Morgan fingerprint density at radius 1 is 1.10 bits per heavy atom. The lowest BCUT2D eigenvalue weighted by Crippen LogP contribution is -2.50. The van der Waals surface area contributed by atoms with Gasteiger partial charge in [-0.3, -0.25) is 19.5 Å². The van der Waals surface area contributed by atoms with Crippen LogP contribution in [0, 0.1) is 0 Å². The lowest BCUT2D eigenvalue weighted by Gasteiger charge is -2.40. The molecule has 4 rings (SSSR count). The largest absolute Gasteiger partial charge is 0.325 e. The highest BCUT2D eigenvalue weighted by Crippen LogP contribution is 2.35. The molecule has 0 bridgehead atoms. The van der Waals surface area contributed by atoms with Crippen molar-refractivity contribution in [1.82, 2.24) is 20.0 Å². The molecule has 0 radical (unpaired) electrons. The van der Waals surface area contributed by atoms with Crippen molar-refractivity contribution in [2.45, 2.75) is 70.0 Å². The van der Waals surface area contributed by atoms with Gasteiger partial charge in [0.2, 0.25) is 0 Å². The van der Waals surface area contributed by atoms with Gasteiger partial charge in [-0.05, 0) is 50.8 Å². The van der Waals surface area contributed by atoms with Crippen LogP contribution in [0.15, 0.2) is 30.3 Å². The molecule has 1 saturated carbocycles. The molecule has 0 aromatic heterocycles. The minimum absolute atomic E-state index is 0.01000. The zero-order chi connectivity index (χ0) is 21.0. The molecule has 1 aromatic carbocycles. The van der Waals surface area contributed by atoms with Crippen LogP contribution in [-0.4, -0.2) is 70.9 Å². The summed E-state index contributed by atoms with van der Waals surface area (Å²) in [5.41, 5.74) is 0.769. The Morgan fingerprint density at radius 3 is 2.60 bits per heavy atom. The number of likely N-dealkylation sites (tertiary alicyclic amines) is 1. The first-order chi connectivity index (χ1) is 14.6. The number of urea groups is 1. The van der Waals surface area contributed by atoms with Gasteiger partial charge in [0, 0.05) is 32.2 Å². The average Bonchev–Trinajstić information content (AvgIpc) is 3.31. The number of hydrogen-bond donors (Lipinski definition) is 1. The SMILES string of the molecule is CCCN(CCN1C(=O)NC2(CCCC2)C1=O)C1CCCN(Cc2ccccc2)C1.